The van der Waals surface area contributed by atoms with Crippen LogP contribution in [-0.2, 0) is 16.6 Å². The smallest absolute Gasteiger partial charge is 0.223 e. The molecule has 0 aliphatic carbocycles. The van der Waals surface area contributed by atoms with Gasteiger partial charge in [0.15, 0.2) is 0 Å². The van der Waals surface area contributed by atoms with Gasteiger partial charge in [0.05, 0.1) is 40.6 Å². The molecule has 37 heavy (non-hydrogen) atoms. The summed E-state index contributed by atoms with van der Waals surface area (Å²) in [6.45, 7) is 1.58. The maximum Gasteiger partial charge on any atom is 0.223 e. The number of nitrogens with one attached hydrogen (secondary N) is 2. The van der Waals surface area contributed by atoms with Gasteiger partial charge in [-0.05, 0) is 30.5 Å². The van der Waals surface area contributed by atoms with Crippen molar-refractivity contribution < 1.29 is 8.42 Å². The molecule has 1 aliphatic heterocycles. The number of rotatable bonds is 8. The number of piperidine rings is 1. The number of nitrogens with zero attached hydrogens (tertiary/aromatic N) is 6. The maximum atomic E-state index is 11.8. The van der Waals surface area contributed by atoms with E-state index in [0.717, 1.165) is 11.3 Å². The molecule has 4 rings (SSSR count). The van der Waals surface area contributed by atoms with Crippen LogP contribution >= 0.6 is 11.6 Å². The Morgan fingerprint density at radius 1 is 1.24 bits per heavy atom. The number of sulfonamides is 1. The van der Waals surface area contributed by atoms with Crippen molar-refractivity contribution in [2.75, 3.05) is 24.7 Å². The van der Waals surface area contributed by atoms with Crippen LogP contribution in [0.3, 0.4) is 0 Å². The molecule has 0 saturated carbocycles. The highest BCUT2D eigenvalue weighted by Crippen LogP contribution is 2.27. The van der Waals surface area contributed by atoms with Crippen LogP contribution in [0.2, 0.25) is 5.02 Å². The summed E-state index contributed by atoms with van der Waals surface area (Å²) in [6.07, 6.45) is 7.42. The van der Waals surface area contributed by atoms with E-state index in [1.807, 2.05) is 18.2 Å². The number of hydrogen-bond acceptors (Lipinski definition) is 8. The van der Waals surface area contributed by atoms with Gasteiger partial charge in [-0.15, -0.1) is 0 Å². The number of benzene rings is 1. The highest BCUT2D eigenvalue weighted by molar-refractivity contribution is 7.88. The fourth-order valence-electron chi connectivity index (χ4n) is 4.06. The lowest BCUT2D eigenvalue weighted by atomic mass is 9.49. The fourth-order valence-corrected chi connectivity index (χ4v) is 5.22. The van der Waals surface area contributed by atoms with Crippen LogP contribution in [0, 0.1) is 11.3 Å². The van der Waals surface area contributed by atoms with Crippen LogP contribution in [0.4, 0.5) is 5.95 Å². The molecule has 2 aromatic heterocycles. The SMILES string of the molecule is BC(B)(B)NCc1ccc(-n2cc(-c3nc(NC4CCN(S(C)(=O)=O)CC4)ncc3C#N)cn2)c(Cl)c1. The van der Waals surface area contributed by atoms with Gasteiger partial charge >= 0.3 is 0 Å². The molecule has 10 nitrogen and oxygen atoms in total. The van der Waals surface area contributed by atoms with Gasteiger partial charge < -0.3 is 10.6 Å². The quantitative estimate of drug-likeness (QED) is 0.362. The zero-order valence-corrected chi connectivity index (χ0v) is 22.9. The molecule has 0 unspecified atom stereocenters. The van der Waals surface area contributed by atoms with Crippen molar-refractivity contribution >= 4 is 51.1 Å². The van der Waals surface area contributed by atoms with Gasteiger partial charge in [0.1, 0.15) is 29.6 Å². The molecule has 1 saturated heterocycles. The minimum Gasteiger partial charge on any atom is -0.351 e. The van der Waals surface area contributed by atoms with Crippen molar-refractivity contribution in [2.24, 2.45) is 0 Å². The third kappa shape index (κ3) is 6.93. The normalized spacial score (nSPS) is 15.4. The standard InChI is InChI=1S/C22H28B3ClN8O2S/c1-37(35,36)33-6-4-17(5-7-33)31-21-28-11-15(9-27)20(32-21)16-12-30-34(13-16)19-3-2-14(8-18(19)26)10-29-22(23,24)25/h2-3,8,11-13,17,29H,4-7,10,23-25H2,1H3,(H,28,31,32). The Kier molecular flexibility index (Phi) is 7.99. The van der Waals surface area contributed by atoms with E-state index in [1.165, 1.54) is 16.8 Å². The predicted molar refractivity (Wildman–Crippen MR) is 153 cm³/mol. The van der Waals surface area contributed by atoms with E-state index in [2.05, 4.69) is 55.3 Å². The molecule has 3 heterocycles. The van der Waals surface area contributed by atoms with Crippen LogP contribution in [0.15, 0.2) is 36.8 Å². The van der Waals surface area contributed by atoms with Crippen LogP contribution < -0.4 is 10.6 Å². The molecule has 0 radical (unpaired) electrons. The van der Waals surface area contributed by atoms with E-state index < -0.39 is 10.0 Å². The highest BCUT2D eigenvalue weighted by Gasteiger charge is 2.25. The summed E-state index contributed by atoms with van der Waals surface area (Å²) in [7, 11) is 3.14. The van der Waals surface area contributed by atoms with Crippen LogP contribution in [-0.4, -0.2) is 86.6 Å². The molecular weight excluding hydrogens is 508 g/mol. The Morgan fingerprint density at radius 2 is 1.97 bits per heavy atom. The third-order valence-corrected chi connectivity index (χ3v) is 7.71. The molecule has 0 amide bonds. The largest absolute Gasteiger partial charge is 0.351 e. The second-order valence-electron chi connectivity index (χ2n) is 10.2. The van der Waals surface area contributed by atoms with E-state index in [9.17, 15) is 13.7 Å². The molecule has 3 aromatic rings. The molecular formula is C22H28B3ClN8O2S. The van der Waals surface area contributed by atoms with Crippen molar-refractivity contribution in [3.05, 3.63) is 52.9 Å². The van der Waals surface area contributed by atoms with Gasteiger partial charge in [0.25, 0.3) is 0 Å². The van der Waals surface area contributed by atoms with Crippen molar-refractivity contribution in [3.8, 4) is 23.0 Å². The average molecular weight is 536 g/mol. The molecule has 1 fully saturated rings. The second-order valence-corrected chi connectivity index (χ2v) is 12.6. The van der Waals surface area contributed by atoms with Gasteiger partial charge in [-0.25, -0.2) is 27.4 Å². The zero-order chi connectivity index (χ0) is 26.8. The Labute approximate surface area is 225 Å². The summed E-state index contributed by atoms with van der Waals surface area (Å²) in [4.78, 5) is 8.89. The topological polar surface area (TPSA) is 129 Å². The lowest BCUT2D eigenvalue weighted by molar-refractivity contribution is 0.331. The fraction of sp³-hybridized carbons (Fsp3) is 0.364. The van der Waals surface area contributed by atoms with Crippen molar-refractivity contribution in [1.29, 1.82) is 5.26 Å². The molecule has 190 valence electrons. The van der Waals surface area contributed by atoms with Crippen LogP contribution in [0.5, 0.6) is 0 Å². The molecule has 1 aliphatic rings. The first-order valence-electron chi connectivity index (χ1n) is 12.0. The van der Waals surface area contributed by atoms with Gasteiger partial charge in [-0.3, -0.25) is 0 Å². The first kappa shape index (κ1) is 27.2. The Balaban J connectivity index is 1.51. The Morgan fingerprint density at radius 3 is 2.59 bits per heavy atom. The van der Waals surface area contributed by atoms with E-state index in [4.69, 9.17) is 11.6 Å². The van der Waals surface area contributed by atoms with E-state index >= 15 is 0 Å². The summed E-state index contributed by atoms with van der Waals surface area (Å²) < 4.78 is 26.7. The predicted octanol–water partition coefficient (Wildman–Crippen LogP) is -0.710. The summed E-state index contributed by atoms with van der Waals surface area (Å²) in [5.74, 6) is 0.383. The number of nitriles is 1. The molecule has 0 atom stereocenters. The van der Waals surface area contributed by atoms with Crippen molar-refractivity contribution in [3.63, 3.8) is 0 Å². The van der Waals surface area contributed by atoms with Crippen LogP contribution in [0.1, 0.15) is 24.0 Å². The number of anilines is 1. The summed E-state index contributed by atoms with van der Waals surface area (Å²) in [5.41, 5.74) is 3.23. The van der Waals surface area contributed by atoms with Gasteiger partial charge in [-0.1, -0.05) is 22.9 Å². The third-order valence-electron chi connectivity index (χ3n) is 6.10. The van der Waals surface area contributed by atoms with Crippen LogP contribution in [0.25, 0.3) is 16.9 Å². The molecule has 0 spiro atoms. The molecule has 2 N–H and O–H groups in total. The lowest BCUT2D eigenvalue weighted by Gasteiger charge is -2.30. The maximum absolute atomic E-state index is 11.8. The van der Waals surface area contributed by atoms with Crippen molar-refractivity contribution in [1.82, 2.24) is 29.4 Å². The Hall–Kier alpha value is -2.85. The summed E-state index contributed by atoms with van der Waals surface area (Å²) in [6, 6.07) is 8.02. The van der Waals surface area contributed by atoms with E-state index in [-0.39, 0.29) is 11.3 Å². The Bertz CT molecular complexity index is 1430. The second kappa shape index (κ2) is 10.9. The van der Waals surface area contributed by atoms with Gasteiger partial charge in [0.2, 0.25) is 16.0 Å². The van der Waals surface area contributed by atoms with Gasteiger partial charge in [0, 0.05) is 37.4 Å². The first-order valence-corrected chi connectivity index (χ1v) is 14.2. The summed E-state index contributed by atoms with van der Waals surface area (Å²) >= 11 is 6.58. The molecule has 15 heteroatoms. The van der Waals surface area contributed by atoms with Gasteiger partial charge in [-0.2, -0.15) is 10.4 Å². The minimum atomic E-state index is -3.19. The monoisotopic (exact) mass is 536 g/mol. The highest BCUT2D eigenvalue weighted by atomic mass is 35.5. The molecule has 1 aromatic carbocycles. The number of aromatic nitrogens is 4. The molecule has 0 bridgehead atoms. The van der Waals surface area contributed by atoms with E-state index in [0.29, 0.717) is 60.3 Å². The average Bonchev–Trinajstić information content (AvgIpc) is 3.32. The lowest BCUT2D eigenvalue weighted by Crippen LogP contribution is -2.46. The zero-order valence-electron chi connectivity index (χ0n) is 21.4. The number of hydrogen-bond donors (Lipinski definition) is 2. The van der Waals surface area contributed by atoms with Crippen molar-refractivity contribution in [2.45, 2.75) is 30.7 Å². The number of halogens is 1. The van der Waals surface area contributed by atoms with E-state index in [1.54, 1.807) is 17.1 Å². The minimum absolute atomic E-state index is 0.000770. The summed E-state index contributed by atoms with van der Waals surface area (Å²) in [5, 5.41) is 21.4. The first-order chi connectivity index (χ1) is 17.4.